The third-order valence-electron chi connectivity index (χ3n) is 5.54. The molecule has 5 rings (SSSR count). The van der Waals surface area contributed by atoms with Crippen LogP contribution in [-0.2, 0) is 6.18 Å². The van der Waals surface area contributed by atoms with E-state index in [0.29, 0.717) is 11.6 Å². The SMILES string of the molecule is O=C(/C=C/c1ccc2ccc3cccc4ccc1c2c34)c1c(F)cccc1C(F)(F)F. The van der Waals surface area contributed by atoms with Gasteiger partial charge in [0, 0.05) is 0 Å². The molecule has 0 aromatic heterocycles. The Balaban J connectivity index is 1.64. The highest BCUT2D eigenvalue weighted by Gasteiger charge is 2.36. The van der Waals surface area contributed by atoms with Crippen LogP contribution in [0.25, 0.3) is 38.4 Å². The average molecular weight is 418 g/mol. The molecular formula is C26H14F4O. The molecule has 0 aliphatic carbocycles. The maximum Gasteiger partial charge on any atom is 0.417 e. The maximum atomic E-state index is 14.1. The number of allylic oxidation sites excluding steroid dienone is 1. The van der Waals surface area contributed by atoms with Gasteiger partial charge in [0.25, 0.3) is 0 Å². The Morgan fingerprint density at radius 3 is 2.06 bits per heavy atom. The molecule has 152 valence electrons. The molecule has 0 radical (unpaired) electrons. The van der Waals surface area contributed by atoms with Crippen molar-refractivity contribution in [3.8, 4) is 0 Å². The second kappa shape index (κ2) is 6.91. The summed E-state index contributed by atoms with van der Waals surface area (Å²) in [4.78, 5) is 12.5. The van der Waals surface area contributed by atoms with Crippen LogP contribution in [0.5, 0.6) is 0 Å². The average Bonchev–Trinajstić information content (AvgIpc) is 2.75. The maximum absolute atomic E-state index is 14.1. The van der Waals surface area contributed by atoms with Gasteiger partial charge in [-0.25, -0.2) is 4.39 Å². The Morgan fingerprint density at radius 2 is 1.35 bits per heavy atom. The Labute approximate surface area is 174 Å². The minimum Gasteiger partial charge on any atom is -0.289 e. The van der Waals surface area contributed by atoms with Crippen LogP contribution in [0.3, 0.4) is 0 Å². The van der Waals surface area contributed by atoms with E-state index in [9.17, 15) is 22.4 Å². The lowest BCUT2D eigenvalue weighted by Gasteiger charge is -2.13. The highest BCUT2D eigenvalue weighted by Crippen LogP contribution is 2.37. The van der Waals surface area contributed by atoms with Crippen molar-refractivity contribution in [2.24, 2.45) is 0 Å². The molecule has 0 amide bonds. The minimum absolute atomic E-state index is 0.670. The molecule has 0 atom stereocenters. The van der Waals surface area contributed by atoms with Crippen LogP contribution in [0.2, 0.25) is 0 Å². The van der Waals surface area contributed by atoms with E-state index in [4.69, 9.17) is 0 Å². The van der Waals surface area contributed by atoms with Crippen molar-refractivity contribution in [3.63, 3.8) is 0 Å². The van der Waals surface area contributed by atoms with Gasteiger partial charge in [0.2, 0.25) is 0 Å². The highest BCUT2D eigenvalue weighted by atomic mass is 19.4. The van der Waals surface area contributed by atoms with Gasteiger partial charge in [-0.05, 0) is 56.1 Å². The molecular weight excluding hydrogens is 404 g/mol. The van der Waals surface area contributed by atoms with Crippen molar-refractivity contribution < 1.29 is 22.4 Å². The van der Waals surface area contributed by atoms with E-state index in [0.717, 1.165) is 50.5 Å². The smallest absolute Gasteiger partial charge is 0.289 e. The fourth-order valence-corrected chi connectivity index (χ4v) is 4.16. The summed E-state index contributed by atoms with van der Waals surface area (Å²) in [5.74, 6) is -2.23. The molecule has 0 aliphatic heterocycles. The number of carbonyl (C=O) groups excluding carboxylic acids is 1. The second-order valence-electron chi connectivity index (χ2n) is 7.37. The second-order valence-corrected chi connectivity index (χ2v) is 7.37. The van der Waals surface area contributed by atoms with Crippen LogP contribution in [0, 0.1) is 5.82 Å². The van der Waals surface area contributed by atoms with Crippen LogP contribution in [0.1, 0.15) is 21.5 Å². The first-order valence-electron chi connectivity index (χ1n) is 9.59. The number of carbonyl (C=O) groups is 1. The summed E-state index contributed by atoms with van der Waals surface area (Å²) in [7, 11) is 0. The molecule has 0 aliphatic rings. The van der Waals surface area contributed by atoms with Crippen molar-refractivity contribution in [2.45, 2.75) is 6.18 Å². The summed E-state index contributed by atoms with van der Waals surface area (Å²) in [6.45, 7) is 0. The summed E-state index contributed by atoms with van der Waals surface area (Å²) in [5.41, 5.74) is -1.58. The van der Waals surface area contributed by atoms with Gasteiger partial charge < -0.3 is 0 Å². The molecule has 0 saturated heterocycles. The summed E-state index contributed by atoms with van der Waals surface area (Å²) >= 11 is 0. The number of hydrogen-bond acceptors (Lipinski definition) is 1. The van der Waals surface area contributed by atoms with Crippen molar-refractivity contribution >= 4 is 44.2 Å². The summed E-state index contributed by atoms with van der Waals surface area (Å²) in [6.07, 6.45) is -2.38. The summed E-state index contributed by atoms with van der Waals surface area (Å²) < 4.78 is 53.9. The zero-order valence-corrected chi connectivity index (χ0v) is 16.0. The molecule has 1 nitrogen and oxygen atoms in total. The van der Waals surface area contributed by atoms with Gasteiger partial charge in [0.15, 0.2) is 5.78 Å². The molecule has 0 spiro atoms. The van der Waals surface area contributed by atoms with Gasteiger partial charge in [-0.1, -0.05) is 66.7 Å². The molecule has 5 heteroatoms. The van der Waals surface area contributed by atoms with E-state index in [2.05, 4.69) is 0 Å². The minimum atomic E-state index is -4.83. The lowest BCUT2D eigenvalue weighted by atomic mass is 9.91. The van der Waals surface area contributed by atoms with Gasteiger partial charge in [0.1, 0.15) is 5.82 Å². The van der Waals surface area contributed by atoms with Crippen LogP contribution < -0.4 is 0 Å². The molecule has 0 bridgehead atoms. The molecule has 0 N–H and O–H groups in total. The van der Waals surface area contributed by atoms with E-state index in [1.54, 1.807) is 6.07 Å². The van der Waals surface area contributed by atoms with Crippen molar-refractivity contribution in [2.75, 3.05) is 0 Å². The highest BCUT2D eigenvalue weighted by molar-refractivity contribution is 6.24. The Morgan fingerprint density at radius 1 is 0.742 bits per heavy atom. The van der Waals surface area contributed by atoms with Gasteiger partial charge in [-0.15, -0.1) is 0 Å². The quantitative estimate of drug-likeness (QED) is 0.127. The molecule has 0 unspecified atom stereocenters. The van der Waals surface area contributed by atoms with Gasteiger partial charge in [-0.3, -0.25) is 4.79 Å². The Hall–Kier alpha value is -3.73. The van der Waals surface area contributed by atoms with E-state index in [-0.39, 0.29) is 0 Å². The Kier molecular flexibility index (Phi) is 4.29. The van der Waals surface area contributed by atoms with Crippen LogP contribution >= 0.6 is 0 Å². The van der Waals surface area contributed by atoms with E-state index in [1.165, 1.54) is 6.08 Å². The normalized spacial score (nSPS) is 12.5. The number of halogens is 4. The van der Waals surface area contributed by atoms with E-state index in [1.807, 2.05) is 48.5 Å². The van der Waals surface area contributed by atoms with Crippen molar-refractivity contribution in [3.05, 3.63) is 101 Å². The van der Waals surface area contributed by atoms with E-state index >= 15 is 0 Å². The molecule has 5 aromatic rings. The zero-order chi connectivity index (χ0) is 21.8. The van der Waals surface area contributed by atoms with Gasteiger partial charge in [-0.2, -0.15) is 13.2 Å². The third-order valence-corrected chi connectivity index (χ3v) is 5.54. The van der Waals surface area contributed by atoms with Crippen LogP contribution in [-0.4, -0.2) is 5.78 Å². The predicted molar refractivity (Wildman–Crippen MR) is 115 cm³/mol. The lowest BCUT2D eigenvalue weighted by molar-refractivity contribution is -0.138. The molecule has 0 heterocycles. The zero-order valence-electron chi connectivity index (χ0n) is 16.0. The lowest BCUT2D eigenvalue weighted by Crippen LogP contribution is -2.14. The largest absolute Gasteiger partial charge is 0.417 e. The fourth-order valence-electron chi connectivity index (χ4n) is 4.16. The first kappa shape index (κ1) is 19.2. The van der Waals surface area contributed by atoms with Crippen molar-refractivity contribution in [1.29, 1.82) is 0 Å². The number of benzene rings is 5. The number of hydrogen-bond donors (Lipinski definition) is 0. The number of rotatable bonds is 3. The summed E-state index contributed by atoms with van der Waals surface area (Å²) in [6, 6.07) is 20.2. The molecule has 0 saturated carbocycles. The summed E-state index contributed by atoms with van der Waals surface area (Å²) in [5, 5.41) is 6.16. The Bertz CT molecular complexity index is 1480. The fraction of sp³-hybridized carbons (Fsp3) is 0.0385. The van der Waals surface area contributed by atoms with Crippen LogP contribution in [0.4, 0.5) is 17.6 Å². The topological polar surface area (TPSA) is 17.1 Å². The first-order valence-corrected chi connectivity index (χ1v) is 9.59. The van der Waals surface area contributed by atoms with Gasteiger partial charge >= 0.3 is 6.18 Å². The predicted octanol–water partition coefficient (Wildman–Crippen LogP) is 7.64. The number of ketones is 1. The first-order chi connectivity index (χ1) is 14.8. The monoisotopic (exact) mass is 418 g/mol. The third kappa shape index (κ3) is 3.13. The van der Waals surface area contributed by atoms with Crippen molar-refractivity contribution in [1.82, 2.24) is 0 Å². The van der Waals surface area contributed by atoms with E-state index < -0.39 is 28.9 Å². The molecule has 31 heavy (non-hydrogen) atoms. The standard InChI is InChI=1S/C26H14F4O/c27-21-6-2-5-20(26(28,29)30)25(21)22(31)14-12-15-7-8-18-10-9-16-3-1-4-17-11-13-19(15)24(18)23(16)17/h1-14H/b14-12+. The molecule has 5 aromatic carbocycles. The van der Waals surface area contributed by atoms with Crippen LogP contribution in [0.15, 0.2) is 78.9 Å². The van der Waals surface area contributed by atoms with Gasteiger partial charge in [0.05, 0.1) is 11.1 Å². The number of alkyl halides is 3. The molecule has 0 fully saturated rings.